The third-order valence-corrected chi connectivity index (χ3v) is 4.28. The first kappa shape index (κ1) is 15.0. The van der Waals surface area contributed by atoms with Crippen molar-refractivity contribution in [2.24, 2.45) is 11.3 Å². The Morgan fingerprint density at radius 2 is 1.95 bits per heavy atom. The Morgan fingerprint density at radius 3 is 2.45 bits per heavy atom. The molecule has 2 rings (SSSR count). The first-order valence-corrected chi connectivity index (χ1v) is 7.30. The smallest absolute Gasteiger partial charge is 0.337 e. The van der Waals surface area contributed by atoms with E-state index in [1.807, 2.05) is 24.3 Å². The van der Waals surface area contributed by atoms with E-state index in [0.29, 0.717) is 11.0 Å². The number of methoxy groups -OCH3 is 1. The highest BCUT2D eigenvalue weighted by Crippen LogP contribution is 2.34. The van der Waals surface area contributed by atoms with Gasteiger partial charge in [-0.25, -0.2) is 4.79 Å². The van der Waals surface area contributed by atoms with Crippen molar-refractivity contribution in [3.05, 3.63) is 35.4 Å². The van der Waals surface area contributed by atoms with E-state index in [1.165, 1.54) is 32.2 Å². The summed E-state index contributed by atoms with van der Waals surface area (Å²) in [5, 5.41) is 0. The van der Waals surface area contributed by atoms with Crippen LogP contribution in [-0.4, -0.2) is 31.1 Å². The van der Waals surface area contributed by atoms with Gasteiger partial charge in [0.05, 0.1) is 12.7 Å². The molecule has 3 nitrogen and oxygen atoms in total. The van der Waals surface area contributed by atoms with Crippen molar-refractivity contribution >= 4 is 5.97 Å². The lowest BCUT2D eigenvalue weighted by atomic mass is 9.80. The fourth-order valence-electron chi connectivity index (χ4n) is 2.81. The summed E-state index contributed by atoms with van der Waals surface area (Å²) in [4.78, 5) is 13.9. The van der Waals surface area contributed by atoms with E-state index >= 15 is 0 Å². The zero-order valence-electron chi connectivity index (χ0n) is 13.0. The quantitative estimate of drug-likeness (QED) is 0.792. The van der Waals surface area contributed by atoms with Gasteiger partial charge in [-0.3, -0.25) is 4.90 Å². The van der Waals surface area contributed by atoms with Gasteiger partial charge in [-0.05, 0) is 42.0 Å². The molecule has 0 radical (unpaired) electrons. The van der Waals surface area contributed by atoms with Gasteiger partial charge in [0.1, 0.15) is 0 Å². The minimum Gasteiger partial charge on any atom is -0.465 e. The van der Waals surface area contributed by atoms with E-state index < -0.39 is 0 Å². The van der Waals surface area contributed by atoms with Crippen LogP contribution >= 0.6 is 0 Å². The lowest BCUT2D eigenvalue weighted by Crippen LogP contribution is -2.25. The summed E-state index contributed by atoms with van der Waals surface area (Å²) in [6.45, 7) is 10.3. The Hall–Kier alpha value is -1.35. The van der Waals surface area contributed by atoms with E-state index in [2.05, 4.69) is 25.7 Å². The van der Waals surface area contributed by atoms with Crippen LogP contribution in [0.5, 0.6) is 0 Å². The molecule has 1 heterocycles. The largest absolute Gasteiger partial charge is 0.465 e. The molecule has 0 amide bonds. The van der Waals surface area contributed by atoms with Crippen LogP contribution in [0.25, 0.3) is 0 Å². The second-order valence-corrected chi connectivity index (χ2v) is 6.78. The number of esters is 1. The highest BCUT2D eigenvalue weighted by Gasteiger charge is 2.31. The number of ether oxygens (including phenoxy) is 1. The zero-order valence-corrected chi connectivity index (χ0v) is 13.0. The molecule has 0 aliphatic carbocycles. The molecule has 1 aromatic carbocycles. The minimum atomic E-state index is -0.273. The SMILES string of the molecule is COC(=O)c1ccc(CN2CCC(C(C)(C)C)C2)cc1. The normalized spacial score (nSPS) is 20.1. The van der Waals surface area contributed by atoms with Crippen molar-refractivity contribution in [3.63, 3.8) is 0 Å². The monoisotopic (exact) mass is 275 g/mol. The van der Waals surface area contributed by atoms with Crippen molar-refractivity contribution in [1.29, 1.82) is 0 Å². The Morgan fingerprint density at radius 1 is 1.30 bits per heavy atom. The molecule has 0 N–H and O–H groups in total. The highest BCUT2D eigenvalue weighted by atomic mass is 16.5. The summed E-state index contributed by atoms with van der Waals surface area (Å²) in [6, 6.07) is 7.74. The third kappa shape index (κ3) is 3.60. The number of likely N-dealkylation sites (tertiary alicyclic amines) is 1. The summed E-state index contributed by atoms with van der Waals surface area (Å²) >= 11 is 0. The van der Waals surface area contributed by atoms with Crippen molar-refractivity contribution in [2.75, 3.05) is 20.2 Å². The van der Waals surface area contributed by atoms with Crippen LogP contribution < -0.4 is 0 Å². The lowest BCUT2D eigenvalue weighted by Gasteiger charge is -2.27. The van der Waals surface area contributed by atoms with Crippen molar-refractivity contribution < 1.29 is 9.53 Å². The summed E-state index contributed by atoms with van der Waals surface area (Å²) in [5.74, 6) is 0.502. The van der Waals surface area contributed by atoms with Crippen molar-refractivity contribution in [2.45, 2.75) is 33.7 Å². The molecule has 1 aromatic rings. The summed E-state index contributed by atoms with van der Waals surface area (Å²) in [7, 11) is 1.41. The maximum absolute atomic E-state index is 11.4. The molecule has 1 fully saturated rings. The average Bonchev–Trinajstić information content (AvgIpc) is 2.87. The van der Waals surface area contributed by atoms with Gasteiger partial charge in [-0.15, -0.1) is 0 Å². The van der Waals surface area contributed by atoms with Crippen LogP contribution in [0.4, 0.5) is 0 Å². The van der Waals surface area contributed by atoms with Crippen LogP contribution in [-0.2, 0) is 11.3 Å². The Balaban J connectivity index is 1.93. The molecule has 1 aliphatic heterocycles. The van der Waals surface area contributed by atoms with Crippen LogP contribution in [0.1, 0.15) is 43.1 Å². The van der Waals surface area contributed by atoms with Gasteiger partial charge in [0.25, 0.3) is 0 Å². The van der Waals surface area contributed by atoms with E-state index in [4.69, 9.17) is 4.74 Å². The zero-order chi connectivity index (χ0) is 14.8. The molecule has 0 aromatic heterocycles. The summed E-state index contributed by atoms with van der Waals surface area (Å²) in [5.41, 5.74) is 2.26. The number of carbonyl (C=O) groups is 1. The van der Waals surface area contributed by atoms with Gasteiger partial charge in [-0.2, -0.15) is 0 Å². The first-order valence-electron chi connectivity index (χ1n) is 7.30. The second kappa shape index (κ2) is 5.96. The molecular formula is C17H25NO2. The number of benzene rings is 1. The van der Waals surface area contributed by atoms with E-state index in [0.717, 1.165) is 12.5 Å². The molecule has 1 aliphatic rings. The van der Waals surface area contributed by atoms with E-state index in [-0.39, 0.29) is 5.97 Å². The molecule has 3 heteroatoms. The predicted molar refractivity (Wildman–Crippen MR) is 80.6 cm³/mol. The van der Waals surface area contributed by atoms with Crippen molar-refractivity contribution in [3.8, 4) is 0 Å². The standard InChI is InChI=1S/C17H25NO2/c1-17(2,3)15-9-10-18(12-15)11-13-5-7-14(8-6-13)16(19)20-4/h5-8,15H,9-12H2,1-4H3. The van der Waals surface area contributed by atoms with Gasteiger partial charge < -0.3 is 4.74 Å². The van der Waals surface area contributed by atoms with Gasteiger partial charge in [0.2, 0.25) is 0 Å². The number of rotatable bonds is 3. The Kier molecular flexibility index (Phi) is 4.48. The van der Waals surface area contributed by atoms with Crippen LogP contribution in [0.3, 0.4) is 0 Å². The van der Waals surface area contributed by atoms with Crippen LogP contribution in [0, 0.1) is 11.3 Å². The fraction of sp³-hybridized carbons (Fsp3) is 0.588. The molecular weight excluding hydrogens is 250 g/mol. The molecule has 20 heavy (non-hydrogen) atoms. The summed E-state index contributed by atoms with van der Waals surface area (Å²) < 4.78 is 4.71. The molecule has 1 unspecified atom stereocenters. The van der Waals surface area contributed by atoms with Gasteiger partial charge in [-0.1, -0.05) is 32.9 Å². The number of nitrogens with zero attached hydrogens (tertiary/aromatic N) is 1. The van der Waals surface area contributed by atoms with Gasteiger partial charge >= 0.3 is 5.97 Å². The number of carbonyl (C=O) groups excluding carboxylic acids is 1. The fourth-order valence-corrected chi connectivity index (χ4v) is 2.81. The molecule has 0 bridgehead atoms. The molecule has 0 saturated carbocycles. The Bertz CT molecular complexity index is 459. The van der Waals surface area contributed by atoms with E-state index in [1.54, 1.807) is 0 Å². The highest BCUT2D eigenvalue weighted by molar-refractivity contribution is 5.89. The lowest BCUT2D eigenvalue weighted by molar-refractivity contribution is 0.0600. The molecule has 0 spiro atoms. The van der Waals surface area contributed by atoms with Crippen molar-refractivity contribution in [1.82, 2.24) is 4.90 Å². The van der Waals surface area contributed by atoms with Gasteiger partial charge in [0.15, 0.2) is 0 Å². The van der Waals surface area contributed by atoms with Crippen LogP contribution in [0.2, 0.25) is 0 Å². The Labute approximate surface area is 121 Å². The molecule has 1 atom stereocenters. The summed E-state index contributed by atoms with van der Waals surface area (Å²) in [6.07, 6.45) is 1.28. The first-order chi connectivity index (χ1) is 9.40. The minimum absolute atomic E-state index is 0.273. The maximum atomic E-state index is 11.4. The molecule has 110 valence electrons. The number of hydrogen-bond acceptors (Lipinski definition) is 3. The van der Waals surface area contributed by atoms with Gasteiger partial charge in [0, 0.05) is 13.1 Å². The van der Waals surface area contributed by atoms with E-state index in [9.17, 15) is 4.79 Å². The molecule has 1 saturated heterocycles. The predicted octanol–water partition coefficient (Wildman–Crippen LogP) is 3.34. The maximum Gasteiger partial charge on any atom is 0.337 e. The number of hydrogen-bond donors (Lipinski definition) is 0. The van der Waals surface area contributed by atoms with Crippen LogP contribution in [0.15, 0.2) is 24.3 Å². The average molecular weight is 275 g/mol. The second-order valence-electron chi connectivity index (χ2n) is 6.78. The third-order valence-electron chi connectivity index (χ3n) is 4.28. The topological polar surface area (TPSA) is 29.5 Å².